The molecule has 0 atom stereocenters. The molecule has 0 aromatic rings. The summed E-state index contributed by atoms with van der Waals surface area (Å²) in [7, 11) is 0. The molecule has 0 N–H and O–H groups in total. The smallest absolute Gasteiger partial charge is 0.268 e. The van der Waals surface area contributed by atoms with Gasteiger partial charge in [-0.3, -0.25) is 45.4 Å². The maximum absolute atomic E-state index is 12.4. The van der Waals surface area contributed by atoms with Crippen LogP contribution in [0.15, 0.2) is 0 Å². The van der Waals surface area contributed by atoms with Crippen molar-refractivity contribution in [2.45, 2.75) is 23.9 Å². The van der Waals surface area contributed by atoms with E-state index in [-0.39, 0.29) is 4.90 Å². The predicted octanol–water partition coefficient (Wildman–Crippen LogP) is -0.246. The van der Waals surface area contributed by atoms with Crippen LogP contribution in [0.1, 0.15) is 6.42 Å². The molecule has 130 valence electrons. The number of hydrogen-bond donors (Lipinski definition) is 0. The van der Waals surface area contributed by atoms with Crippen molar-refractivity contribution in [3.8, 4) is 0 Å². The van der Waals surface area contributed by atoms with Crippen LogP contribution in [0.3, 0.4) is 0 Å². The molecule has 0 bridgehead atoms. The summed E-state index contributed by atoms with van der Waals surface area (Å²) in [4.78, 5) is 37.3. The number of piperidine rings is 1. The van der Waals surface area contributed by atoms with Crippen molar-refractivity contribution >= 4 is 0 Å². The molecule has 0 aromatic heterocycles. The summed E-state index contributed by atoms with van der Waals surface area (Å²) in [6, 6.07) is 0. The van der Waals surface area contributed by atoms with Gasteiger partial charge in [-0.15, -0.1) is 0 Å². The van der Waals surface area contributed by atoms with Gasteiger partial charge in [0.2, 0.25) is 6.42 Å². The molecule has 1 heterocycles. The van der Waals surface area contributed by atoms with Gasteiger partial charge in [0.25, 0.3) is 0 Å². The molecule has 0 aliphatic carbocycles. The molecule has 16 heteroatoms. The molecular formula is C7H8F3N5O8. The minimum atomic E-state index is -5.02. The van der Waals surface area contributed by atoms with E-state index in [1.807, 2.05) is 0 Å². The molecule has 0 radical (unpaired) electrons. The van der Waals surface area contributed by atoms with Crippen molar-refractivity contribution in [3.05, 3.63) is 40.5 Å². The highest BCUT2D eigenvalue weighted by molar-refractivity contribution is 4.90. The van der Waals surface area contributed by atoms with Crippen LogP contribution in [0.5, 0.6) is 0 Å². The zero-order valence-corrected chi connectivity index (χ0v) is 11.0. The van der Waals surface area contributed by atoms with Gasteiger partial charge < -0.3 is 0 Å². The highest BCUT2D eigenvalue weighted by atomic mass is 19.4. The Labute approximate surface area is 123 Å². The Balaban J connectivity index is 3.46. The summed E-state index contributed by atoms with van der Waals surface area (Å²) in [5.74, 6) is 0. The monoisotopic (exact) mass is 347 g/mol. The number of nitrogens with zero attached hydrogens (tertiary/aromatic N) is 5. The number of alkyl halides is 3. The number of rotatable bonds is 5. The van der Waals surface area contributed by atoms with Crippen molar-refractivity contribution < 1.29 is 32.9 Å². The molecule has 0 saturated carbocycles. The third-order valence-electron chi connectivity index (χ3n) is 3.28. The Morgan fingerprint density at radius 2 is 1.13 bits per heavy atom. The lowest BCUT2D eigenvalue weighted by molar-refractivity contribution is -0.854. The van der Waals surface area contributed by atoms with E-state index < -0.39 is 63.3 Å². The van der Waals surface area contributed by atoms with Crippen LogP contribution >= 0.6 is 0 Å². The van der Waals surface area contributed by atoms with Crippen LogP contribution in [0.25, 0.3) is 0 Å². The van der Waals surface area contributed by atoms with Crippen LogP contribution in [-0.4, -0.2) is 61.7 Å². The molecular weight excluding hydrogens is 339 g/mol. The first-order chi connectivity index (χ1) is 10.3. The quantitative estimate of drug-likeness (QED) is 0.368. The molecule has 1 aliphatic heterocycles. The van der Waals surface area contributed by atoms with E-state index in [9.17, 15) is 53.6 Å². The summed E-state index contributed by atoms with van der Waals surface area (Å²) in [5.41, 5.74) is -6.99. The maximum Gasteiger partial charge on any atom is 0.485 e. The normalized spacial score (nSPS) is 20.7. The van der Waals surface area contributed by atoms with Crippen molar-refractivity contribution in [1.82, 2.24) is 4.90 Å². The van der Waals surface area contributed by atoms with E-state index in [4.69, 9.17) is 0 Å². The zero-order chi connectivity index (χ0) is 18.2. The number of nitro groups is 4. The lowest BCUT2D eigenvalue weighted by Gasteiger charge is -2.34. The van der Waals surface area contributed by atoms with Gasteiger partial charge in [-0.25, -0.2) is 0 Å². The third kappa shape index (κ3) is 3.25. The first-order valence-electron chi connectivity index (χ1n) is 5.64. The fraction of sp³-hybridized carbons (Fsp3) is 1.00. The van der Waals surface area contributed by atoms with Crippen LogP contribution in [-0.2, 0) is 0 Å². The van der Waals surface area contributed by atoms with Crippen molar-refractivity contribution in [2.75, 3.05) is 19.6 Å². The Morgan fingerprint density at radius 3 is 1.35 bits per heavy atom. The lowest BCUT2D eigenvalue weighted by Crippen LogP contribution is -2.71. The highest BCUT2D eigenvalue weighted by Crippen LogP contribution is 2.35. The first kappa shape index (κ1) is 18.4. The van der Waals surface area contributed by atoms with Gasteiger partial charge >= 0.3 is 17.5 Å². The largest absolute Gasteiger partial charge is 0.485 e. The Kier molecular flexibility index (Phi) is 4.42. The van der Waals surface area contributed by atoms with Gasteiger partial charge in [0, 0.05) is 0 Å². The first-order valence-corrected chi connectivity index (χ1v) is 5.64. The SMILES string of the molecule is O=[N+]([O-])C1([N+](=O)[O-])CN(CC(F)(F)F)CC([N+](=O)[O-])([N+](=O)[O-])C1. The van der Waals surface area contributed by atoms with Crippen molar-refractivity contribution in [3.63, 3.8) is 0 Å². The van der Waals surface area contributed by atoms with Crippen LogP contribution in [0.4, 0.5) is 13.2 Å². The molecule has 1 rings (SSSR count). The second-order valence-corrected chi connectivity index (χ2v) is 4.93. The molecule has 1 saturated heterocycles. The Hall–Kier alpha value is -2.65. The van der Waals surface area contributed by atoms with Crippen LogP contribution in [0, 0.1) is 40.5 Å². The fourth-order valence-corrected chi connectivity index (χ4v) is 2.33. The van der Waals surface area contributed by atoms with E-state index in [2.05, 4.69) is 0 Å². The number of hydrogen-bond acceptors (Lipinski definition) is 9. The van der Waals surface area contributed by atoms with E-state index in [1.54, 1.807) is 0 Å². The van der Waals surface area contributed by atoms with E-state index >= 15 is 0 Å². The van der Waals surface area contributed by atoms with Crippen LogP contribution < -0.4 is 0 Å². The van der Waals surface area contributed by atoms with Gasteiger partial charge in [0.05, 0.1) is 6.54 Å². The minimum absolute atomic E-state index is 0.0688. The predicted molar refractivity (Wildman–Crippen MR) is 60.6 cm³/mol. The minimum Gasteiger partial charge on any atom is -0.268 e. The summed E-state index contributed by atoms with van der Waals surface area (Å²) in [6.07, 6.45) is -6.79. The van der Waals surface area contributed by atoms with E-state index in [0.717, 1.165) is 0 Å². The average molecular weight is 347 g/mol. The van der Waals surface area contributed by atoms with E-state index in [1.165, 1.54) is 0 Å². The van der Waals surface area contributed by atoms with Gasteiger partial charge in [0.15, 0.2) is 0 Å². The zero-order valence-electron chi connectivity index (χ0n) is 11.0. The number of likely N-dealkylation sites (tertiary alicyclic amines) is 1. The summed E-state index contributed by atoms with van der Waals surface area (Å²) < 4.78 is 37.3. The maximum atomic E-state index is 12.4. The van der Waals surface area contributed by atoms with Crippen molar-refractivity contribution in [1.29, 1.82) is 0 Å². The topological polar surface area (TPSA) is 176 Å². The molecule has 13 nitrogen and oxygen atoms in total. The third-order valence-corrected chi connectivity index (χ3v) is 3.28. The molecule has 0 spiro atoms. The standard InChI is InChI=1S/C7H8F3N5O8/c8-7(9,10)4-11-2-5(12(16)17,13(18)19)1-6(3-11,14(20)21)15(22)23/h1-4H2. The average Bonchev–Trinajstić information content (AvgIpc) is 2.34. The highest BCUT2D eigenvalue weighted by Gasteiger charge is 2.77. The molecule has 0 aromatic carbocycles. The summed E-state index contributed by atoms with van der Waals surface area (Å²) in [5, 5.41) is 43.9. The lowest BCUT2D eigenvalue weighted by atomic mass is 9.90. The summed E-state index contributed by atoms with van der Waals surface area (Å²) in [6.45, 7) is -4.90. The van der Waals surface area contributed by atoms with Gasteiger partial charge in [-0.05, 0) is 0 Å². The molecule has 1 fully saturated rings. The molecule has 0 unspecified atom stereocenters. The molecule has 0 amide bonds. The second kappa shape index (κ2) is 5.52. The van der Waals surface area contributed by atoms with Gasteiger partial charge in [0.1, 0.15) is 32.8 Å². The Bertz CT molecular complexity index is 497. The number of halogens is 3. The second-order valence-electron chi connectivity index (χ2n) is 4.93. The fourth-order valence-electron chi connectivity index (χ4n) is 2.33. The van der Waals surface area contributed by atoms with Crippen molar-refractivity contribution in [2.24, 2.45) is 0 Å². The van der Waals surface area contributed by atoms with Gasteiger partial charge in [-0.2, -0.15) is 13.2 Å². The Morgan fingerprint density at radius 1 is 0.826 bits per heavy atom. The van der Waals surface area contributed by atoms with E-state index in [0.29, 0.717) is 0 Å². The summed E-state index contributed by atoms with van der Waals surface area (Å²) >= 11 is 0. The van der Waals surface area contributed by atoms with Crippen LogP contribution in [0.2, 0.25) is 0 Å². The van der Waals surface area contributed by atoms with Gasteiger partial charge in [-0.1, -0.05) is 0 Å². The molecule has 23 heavy (non-hydrogen) atoms. The molecule has 1 aliphatic rings.